The lowest BCUT2D eigenvalue weighted by molar-refractivity contribution is -0.120. The molecule has 0 aliphatic rings. The van der Waals surface area contributed by atoms with Gasteiger partial charge in [0.15, 0.2) is 0 Å². The standard InChI is InChI=1S/C18H24N2O/c1-13(2)11-20-18(21)12-19-14(3)16-10-6-8-15-7-4-5-9-17(15)16/h4-10,13-14,19H,11-12H2,1-3H3,(H,20,21)/t14-/m1/s1. The van der Waals surface area contributed by atoms with E-state index in [0.29, 0.717) is 12.5 Å². The van der Waals surface area contributed by atoms with Crippen LogP contribution >= 0.6 is 0 Å². The van der Waals surface area contributed by atoms with E-state index >= 15 is 0 Å². The average Bonchev–Trinajstić information content (AvgIpc) is 2.50. The lowest BCUT2D eigenvalue weighted by Crippen LogP contribution is -2.36. The van der Waals surface area contributed by atoms with Gasteiger partial charge in [-0.15, -0.1) is 0 Å². The second kappa shape index (κ2) is 7.23. The van der Waals surface area contributed by atoms with E-state index in [9.17, 15) is 4.79 Å². The Hall–Kier alpha value is -1.87. The first kappa shape index (κ1) is 15.5. The van der Waals surface area contributed by atoms with Crippen molar-refractivity contribution in [3.8, 4) is 0 Å². The van der Waals surface area contributed by atoms with Gasteiger partial charge in [-0.3, -0.25) is 4.79 Å². The van der Waals surface area contributed by atoms with E-state index in [1.54, 1.807) is 0 Å². The largest absolute Gasteiger partial charge is 0.355 e. The molecule has 0 saturated carbocycles. The number of fused-ring (bicyclic) bond motifs is 1. The Morgan fingerprint density at radius 1 is 1.05 bits per heavy atom. The van der Waals surface area contributed by atoms with Crippen molar-refractivity contribution in [2.24, 2.45) is 5.92 Å². The van der Waals surface area contributed by atoms with Crippen LogP contribution in [-0.4, -0.2) is 19.0 Å². The topological polar surface area (TPSA) is 41.1 Å². The molecule has 0 saturated heterocycles. The van der Waals surface area contributed by atoms with Crippen LogP contribution in [0.1, 0.15) is 32.4 Å². The molecule has 112 valence electrons. The fraction of sp³-hybridized carbons (Fsp3) is 0.389. The van der Waals surface area contributed by atoms with Crippen molar-refractivity contribution < 1.29 is 4.79 Å². The number of hydrogen-bond acceptors (Lipinski definition) is 2. The average molecular weight is 284 g/mol. The van der Waals surface area contributed by atoms with Gasteiger partial charge in [0.1, 0.15) is 0 Å². The van der Waals surface area contributed by atoms with E-state index in [1.807, 2.05) is 12.1 Å². The number of carbonyl (C=O) groups excluding carboxylic acids is 1. The van der Waals surface area contributed by atoms with E-state index in [-0.39, 0.29) is 11.9 Å². The zero-order valence-electron chi connectivity index (χ0n) is 13.0. The number of amides is 1. The minimum absolute atomic E-state index is 0.0517. The van der Waals surface area contributed by atoms with Gasteiger partial charge >= 0.3 is 0 Å². The fourth-order valence-corrected chi connectivity index (χ4v) is 2.36. The molecule has 2 aromatic rings. The highest BCUT2D eigenvalue weighted by Gasteiger charge is 2.10. The van der Waals surface area contributed by atoms with Gasteiger partial charge in [0.25, 0.3) is 0 Å². The third-order valence-corrected chi connectivity index (χ3v) is 3.57. The molecular formula is C18H24N2O. The zero-order valence-corrected chi connectivity index (χ0v) is 13.0. The summed E-state index contributed by atoms with van der Waals surface area (Å²) in [5.41, 5.74) is 1.23. The highest BCUT2D eigenvalue weighted by atomic mass is 16.1. The van der Waals surface area contributed by atoms with Crippen LogP contribution in [0.5, 0.6) is 0 Å². The molecule has 2 rings (SSSR count). The molecule has 0 aliphatic carbocycles. The highest BCUT2D eigenvalue weighted by Crippen LogP contribution is 2.23. The van der Waals surface area contributed by atoms with Crippen LogP contribution in [0.25, 0.3) is 10.8 Å². The van der Waals surface area contributed by atoms with Crippen molar-refractivity contribution in [1.29, 1.82) is 0 Å². The molecule has 21 heavy (non-hydrogen) atoms. The number of nitrogens with one attached hydrogen (secondary N) is 2. The number of rotatable bonds is 6. The molecule has 0 heterocycles. The molecule has 2 aromatic carbocycles. The van der Waals surface area contributed by atoms with Crippen molar-refractivity contribution in [1.82, 2.24) is 10.6 Å². The van der Waals surface area contributed by atoms with Gasteiger partial charge in [-0.2, -0.15) is 0 Å². The number of carbonyl (C=O) groups is 1. The predicted octanol–water partition coefficient (Wildman–Crippen LogP) is 3.26. The Bertz CT molecular complexity index is 602. The van der Waals surface area contributed by atoms with Crippen LogP contribution in [0.3, 0.4) is 0 Å². The predicted molar refractivity (Wildman–Crippen MR) is 88.2 cm³/mol. The summed E-state index contributed by atoms with van der Waals surface area (Å²) in [7, 11) is 0. The van der Waals surface area contributed by atoms with Crippen LogP contribution in [-0.2, 0) is 4.79 Å². The Kier molecular flexibility index (Phi) is 5.34. The van der Waals surface area contributed by atoms with E-state index in [4.69, 9.17) is 0 Å². The summed E-state index contributed by atoms with van der Waals surface area (Å²) >= 11 is 0. The van der Waals surface area contributed by atoms with Crippen LogP contribution < -0.4 is 10.6 Å². The van der Waals surface area contributed by atoms with E-state index in [0.717, 1.165) is 6.54 Å². The molecule has 0 bridgehead atoms. The molecule has 0 spiro atoms. The van der Waals surface area contributed by atoms with Gasteiger partial charge in [-0.05, 0) is 29.2 Å². The van der Waals surface area contributed by atoms with E-state index in [1.165, 1.54) is 16.3 Å². The first-order valence-electron chi connectivity index (χ1n) is 7.55. The fourth-order valence-electron chi connectivity index (χ4n) is 2.36. The maximum absolute atomic E-state index is 11.8. The summed E-state index contributed by atoms with van der Waals surface area (Å²) in [5, 5.41) is 8.70. The molecule has 3 nitrogen and oxygen atoms in total. The second-order valence-corrected chi connectivity index (χ2v) is 5.87. The lowest BCUT2D eigenvalue weighted by atomic mass is 10.00. The van der Waals surface area contributed by atoms with Crippen LogP contribution in [0, 0.1) is 5.92 Å². The van der Waals surface area contributed by atoms with Gasteiger partial charge in [-0.25, -0.2) is 0 Å². The summed E-state index contributed by atoms with van der Waals surface area (Å²) in [6, 6.07) is 14.8. The minimum Gasteiger partial charge on any atom is -0.355 e. The van der Waals surface area contributed by atoms with E-state index in [2.05, 4.69) is 61.7 Å². The molecule has 0 unspecified atom stereocenters. The smallest absolute Gasteiger partial charge is 0.233 e. The summed E-state index contributed by atoms with van der Waals surface area (Å²) in [6.45, 7) is 7.34. The van der Waals surface area contributed by atoms with Gasteiger partial charge in [0, 0.05) is 12.6 Å². The third kappa shape index (κ3) is 4.30. The monoisotopic (exact) mass is 284 g/mol. The third-order valence-electron chi connectivity index (χ3n) is 3.57. The summed E-state index contributed by atoms with van der Waals surface area (Å²) in [6.07, 6.45) is 0. The maximum Gasteiger partial charge on any atom is 0.233 e. The molecule has 2 N–H and O–H groups in total. The van der Waals surface area contributed by atoms with Crippen LogP contribution in [0.4, 0.5) is 0 Å². The van der Waals surface area contributed by atoms with Crippen molar-refractivity contribution in [2.45, 2.75) is 26.8 Å². The molecule has 0 fully saturated rings. The van der Waals surface area contributed by atoms with Gasteiger partial charge in [0.2, 0.25) is 5.91 Å². The molecular weight excluding hydrogens is 260 g/mol. The van der Waals surface area contributed by atoms with Gasteiger partial charge in [-0.1, -0.05) is 56.3 Å². The highest BCUT2D eigenvalue weighted by molar-refractivity contribution is 5.86. The lowest BCUT2D eigenvalue weighted by Gasteiger charge is -2.17. The number of benzene rings is 2. The molecule has 0 radical (unpaired) electrons. The van der Waals surface area contributed by atoms with Crippen LogP contribution in [0.2, 0.25) is 0 Å². The van der Waals surface area contributed by atoms with Gasteiger partial charge < -0.3 is 10.6 Å². The van der Waals surface area contributed by atoms with Crippen molar-refractivity contribution in [3.63, 3.8) is 0 Å². The summed E-state index contributed by atoms with van der Waals surface area (Å²) in [4.78, 5) is 11.8. The summed E-state index contributed by atoms with van der Waals surface area (Å²) < 4.78 is 0. The Morgan fingerprint density at radius 2 is 1.76 bits per heavy atom. The number of hydrogen-bond donors (Lipinski definition) is 2. The van der Waals surface area contributed by atoms with Crippen LogP contribution in [0.15, 0.2) is 42.5 Å². The van der Waals surface area contributed by atoms with Gasteiger partial charge in [0.05, 0.1) is 6.54 Å². The Morgan fingerprint density at radius 3 is 2.52 bits per heavy atom. The minimum atomic E-state index is 0.0517. The molecule has 0 aromatic heterocycles. The quantitative estimate of drug-likeness (QED) is 0.855. The summed E-state index contributed by atoms with van der Waals surface area (Å²) in [5.74, 6) is 0.528. The Labute approximate surface area is 126 Å². The van der Waals surface area contributed by atoms with E-state index < -0.39 is 0 Å². The molecule has 3 heteroatoms. The second-order valence-electron chi connectivity index (χ2n) is 5.87. The normalized spacial score (nSPS) is 12.6. The zero-order chi connectivity index (χ0) is 15.2. The Balaban J connectivity index is 1.99. The first-order chi connectivity index (χ1) is 10.1. The van der Waals surface area contributed by atoms with Crippen molar-refractivity contribution in [3.05, 3.63) is 48.0 Å². The molecule has 1 amide bonds. The first-order valence-corrected chi connectivity index (χ1v) is 7.55. The van der Waals surface area contributed by atoms with Crippen molar-refractivity contribution in [2.75, 3.05) is 13.1 Å². The molecule has 0 aliphatic heterocycles. The van der Waals surface area contributed by atoms with Crippen molar-refractivity contribution >= 4 is 16.7 Å². The maximum atomic E-state index is 11.8. The SMILES string of the molecule is CC(C)CNC(=O)CN[C@H](C)c1cccc2ccccc12. The molecule has 1 atom stereocenters.